The van der Waals surface area contributed by atoms with Crippen molar-refractivity contribution in [3.8, 4) is 0 Å². The highest BCUT2D eigenvalue weighted by Crippen LogP contribution is 2.18. The normalized spacial score (nSPS) is 10.4. The number of amides is 2. The number of hydrogen-bond donors (Lipinski definition) is 2. The second-order valence-electron chi connectivity index (χ2n) is 4.42. The smallest absolute Gasteiger partial charge is 0.319 e. The van der Waals surface area contributed by atoms with Gasteiger partial charge in [0, 0.05) is 11.1 Å². The maximum Gasteiger partial charge on any atom is 0.319 e. The van der Waals surface area contributed by atoms with Crippen LogP contribution in [-0.4, -0.2) is 6.03 Å². The molecule has 0 radical (unpaired) electrons. The fourth-order valence-electron chi connectivity index (χ4n) is 1.99. The van der Waals surface area contributed by atoms with Crippen LogP contribution in [0.15, 0.2) is 65.1 Å². The van der Waals surface area contributed by atoms with Gasteiger partial charge in [-0.05, 0) is 24.3 Å². The van der Waals surface area contributed by atoms with Crippen molar-refractivity contribution in [1.29, 1.82) is 0 Å². The molecule has 4 heteroatoms. The fourth-order valence-corrected chi connectivity index (χ4v) is 1.99. The Labute approximate surface area is 116 Å². The summed E-state index contributed by atoms with van der Waals surface area (Å²) in [6, 6.07) is 18.7. The van der Waals surface area contributed by atoms with E-state index in [4.69, 9.17) is 4.42 Å². The molecule has 0 aliphatic heterocycles. The van der Waals surface area contributed by atoms with Crippen molar-refractivity contribution in [1.82, 2.24) is 5.32 Å². The van der Waals surface area contributed by atoms with Gasteiger partial charge in [0.1, 0.15) is 11.3 Å². The van der Waals surface area contributed by atoms with Gasteiger partial charge in [0.25, 0.3) is 0 Å². The highest BCUT2D eigenvalue weighted by molar-refractivity contribution is 5.89. The van der Waals surface area contributed by atoms with E-state index < -0.39 is 0 Å². The molecule has 3 rings (SSSR count). The van der Waals surface area contributed by atoms with E-state index in [0.717, 1.165) is 22.4 Å². The molecule has 100 valence electrons. The Morgan fingerprint density at radius 1 is 1.00 bits per heavy atom. The van der Waals surface area contributed by atoms with Crippen LogP contribution in [0.25, 0.3) is 11.0 Å². The number of urea groups is 1. The molecule has 4 nitrogen and oxygen atoms in total. The molecule has 0 atom stereocenters. The largest absolute Gasteiger partial charge is 0.459 e. The highest BCUT2D eigenvalue weighted by Gasteiger charge is 2.05. The zero-order valence-corrected chi connectivity index (χ0v) is 10.8. The first-order valence-corrected chi connectivity index (χ1v) is 6.38. The summed E-state index contributed by atoms with van der Waals surface area (Å²) in [5.74, 6) is 0.731. The molecule has 0 aliphatic rings. The molecule has 2 amide bonds. The van der Waals surface area contributed by atoms with E-state index in [-0.39, 0.29) is 6.03 Å². The minimum atomic E-state index is -0.253. The number of anilines is 1. The number of carbonyl (C=O) groups is 1. The third-order valence-electron chi connectivity index (χ3n) is 2.93. The number of hydrogen-bond acceptors (Lipinski definition) is 2. The number of nitrogens with one attached hydrogen (secondary N) is 2. The average Bonchev–Trinajstić information content (AvgIpc) is 2.89. The van der Waals surface area contributed by atoms with Crippen molar-refractivity contribution in [3.63, 3.8) is 0 Å². The quantitative estimate of drug-likeness (QED) is 0.758. The molecule has 1 heterocycles. The third-order valence-corrected chi connectivity index (χ3v) is 2.93. The lowest BCUT2D eigenvalue weighted by atomic mass is 10.2. The van der Waals surface area contributed by atoms with Gasteiger partial charge in [0.2, 0.25) is 0 Å². The van der Waals surface area contributed by atoms with Crippen LogP contribution < -0.4 is 10.6 Å². The van der Waals surface area contributed by atoms with Crippen molar-refractivity contribution in [2.45, 2.75) is 6.54 Å². The predicted molar refractivity (Wildman–Crippen MR) is 78.5 cm³/mol. The van der Waals surface area contributed by atoms with Crippen molar-refractivity contribution in [2.75, 3.05) is 5.32 Å². The summed E-state index contributed by atoms with van der Waals surface area (Å²) in [7, 11) is 0. The molecule has 0 aliphatic carbocycles. The number of fused-ring (bicyclic) bond motifs is 1. The SMILES string of the molecule is O=C(NCc1cc2ccccc2o1)Nc1ccccc1. The molecule has 2 N–H and O–H groups in total. The van der Waals surface area contributed by atoms with Crippen molar-refractivity contribution in [2.24, 2.45) is 0 Å². The summed E-state index contributed by atoms with van der Waals surface area (Å²) in [6.07, 6.45) is 0. The number of benzene rings is 2. The van der Waals surface area contributed by atoms with E-state index in [0.29, 0.717) is 6.54 Å². The first-order valence-electron chi connectivity index (χ1n) is 6.38. The first-order chi connectivity index (χ1) is 9.81. The minimum absolute atomic E-state index is 0.253. The van der Waals surface area contributed by atoms with E-state index in [1.165, 1.54) is 0 Å². The Balaban J connectivity index is 1.60. The molecule has 1 aromatic heterocycles. The van der Waals surface area contributed by atoms with Gasteiger partial charge in [0.15, 0.2) is 0 Å². The number of para-hydroxylation sites is 2. The van der Waals surface area contributed by atoms with Gasteiger partial charge in [-0.15, -0.1) is 0 Å². The molecular weight excluding hydrogens is 252 g/mol. The van der Waals surface area contributed by atoms with E-state index in [1.54, 1.807) is 0 Å². The summed E-state index contributed by atoms with van der Waals surface area (Å²) in [6.45, 7) is 0.355. The molecule has 2 aromatic carbocycles. The van der Waals surface area contributed by atoms with Gasteiger partial charge in [-0.3, -0.25) is 0 Å². The summed E-state index contributed by atoms with van der Waals surface area (Å²) in [5.41, 5.74) is 1.59. The monoisotopic (exact) mass is 266 g/mol. The molecular formula is C16H14N2O2. The number of furan rings is 1. The maximum absolute atomic E-state index is 11.7. The summed E-state index contributed by atoms with van der Waals surface area (Å²) in [5, 5.41) is 6.55. The first kappa shape index (κ1) is 12.3. The van der Waals surface area contributed by atoms with Crippen LogP contribution in [0.5, 0.6) is 0 Å². The topological polar surface area (TPSA) is 54.3 Å². The predicted octanol–water partition coefficient (Wildman–Crippen LogP) is 3.75. The van der Waals surface area contributed by atoms with Crippen LogP contribution in [0.3, 0.4) is 0 Å². The van der Waals surface area contributed by atoms with Crippen LogP contribution in [-0.2, 0) is 6.54 Å². The molecule has 0 spiro atoms. The summed E-state index contributed by atoms with van der Waals surface area (Å²) >= 11 is 0. The van der Waals surface area contributed by atoms with Gasteiger partial charge in [-0.1, -0.05) is 36.4 Å². The lowest BCUT2D eigenvalue weighted by Gasteiger charge is -2.05. The third kappa shape index (κ3) is 2.80. The Hall–Kier alpha value is -2.75. The number of carbonyl (C=O) groups excluding carboxylic acids is 1. The standard InChI is InChI=1S/C16H14N2O2/c19-16(18-13-7-2-1-3-8-13)17-11-14-10-12-6-4-5-9-15(12)20-14/h1-10H,11H2,(H2,17,18,19). The molecule has 0 saturated carbocycles. The van der Waals surface area contributed by atoms with E-state index in [1.807, 2.05) is 60.7 Å². The van der Waals surface area contributed by atoms with Crippen LogP contribution >= 0.6 is 0 Å². The number of rotatable bonds is 3. The minimum Gasteiger partial charge on any atom is -0.459 e. The second-order valence-corrected chi connectivity index (χ2v) is 4.42. The summed E-state index contributed by atoms with van der Waals surface area (Å²) in [4.78, 5) is 11.7. The average molecular weight is 266 g/mol. The van der Waals surface area contributed by atoms with E-state index in [9.17, 15) is 4.79 Å². The zero-order valence-electron chi connectivity index (χ0n) is 10.8. The van der Waals surface area contributed by atoms with Crippen LogP contribution in [0.1, 0.15) is 5.76 Å². The second kappa shape index (κ2) is 5.48. The Morgan fingerprint density at radius 2 is 1.75 bits per heavy atom. The van der Waals surface area contributed by atoms with Gasteiger partial charge in [0.05, 0.1) is 6.54 Å². The maximum atomic E-state index is 11.7. The molecule has 0 unspecified atom stereocenters. The van der Waals surface area contributed by atoms with Crippen LogP contribution in [0.4, 0.5) is 10.5 Å². The van der Waals surface area contributed by atoms with Crippen LogP contribution in [0.2, 0.25) is 0 Å². The zero-order chi connectivity index (χ0) is 13.8. The highest BCUT2D eigenvalue weighted by atomic mass is 16.3. The molecule has 3 aromatic rings. The molecule has 0 bridgehead atoms. The van der Waals surface area contributed by atoms with Gasteiger partial charge >= 0.3 is 6.03 Å². The molecule has 20 heavy (non-hydrogen) atoms. The van der Waals surface area contributed by atoms with Crippen LogP contribution in [0, 0.1) is 0 Å². The molecule has 0 saturated heterocycles. The fraction of sp³-hybridized carbons (Fsp3) is 0.0625. The van der Waals surface area contributed by atoms with E-state index in [2.05, 4.69) is 10.6 Å². The Bertz CT molecular complexity index is 686. The van der Waals surface area contributed by atoms with Gasteiger partial charge in [-0.25, -0.2) is 4.79 Å². The van der Waals surface area contributed by atoms with Crippen molar-refractivity contribution >= 4 is 22.7 Å². The van der Waals surface area contributed by atoms with Crippen molar-refractivity contribution in [3.05, 3.63) is 66.4 Å². The van der Waals surface area contributed by atoms with Crippen molar-refractivity contribution < 1.29 is 9.21 Å². The Morgan fingerprint density at radius 3 is 2.55 bits per heavy atom. The molecule has 0 fully saturated rings. The Kier molecular flexibility index (Phi) is 3.37. The lowest BCUT2D eigenvalue weighted by Crippen LogP contribution is -2.27. The van der Waals surface area contributed by atoms with Gasteiger partial charge in [-0.2, -0.15) is 0 Å². The van der Waals surface area contributed by atoms with Gasteiger partial charge < -0.3 is 15.1 Å². The summed E-state index contributed by atoms with van der Waals surface area (Å²) < 4.78 is 5.63. The lowest BCUT2D eigenvalue weighted by molar-refractivity contribution is 0.251. The van der Waals surface area contributed by atoms with E-state index >= 15 is 0 Å².